The summed E-state index contributed by atoms with van der Waals surface area (Å²) in [5.41, 5.74) is 0. The second kappa shape index (κ2) is 5.22. The minimum atomic E-state index is -1.14. The Balaban J connectivity index is 3.59. The van der Waals surface area contributed by atoms with Crippen LogP contribution in [0.4, 0.5) is 9.59 Å². The van der Waals surface area contributed by atoms with Gasteiger partial charge >= 0.3 is 12.2 Å². The number of amides is 2. The van der Waals surface area contributed by atoms with E-state index in [1.165, 1.54) is 0 Å². The normalized spacial score (nSPS) is 9.08. The molecule has 0 aromatic rings. The molecule has 0 aliphatic carbocycles. The molecule has 0 unspecified atom stereocenters. The number of carboxylic acid groups (broad SMARTS) is 2. The first-order valence-corrected chi connectivity index (χ1v) is 3.52. The zero-order valence-corrected chi connectivity index (χ0v) is 6.78. The standard InChI is InChI=1S/C6H12N2O4/c1-2-8(6(11)12)4-3-7-5(9)10/h7H,2-4H2,1H3,(H,9,10)(H,11,12). The highest BCUT2D eigenvalue weighted by Crippen LogP contribution is 1.86. The fourth-order valence-corrected chi connectivity index (χ4v) is 0.687. The van der Waals surface area contributed by atoms with Gasteiger partial charge in [-0.1, -0.05) is 0 Å². The van der Waals surface area contributed by atoms with Gasteiger partial charge in [0.15, 0.2) is 0 Å². The van der Waals surface area contributed by atoms with Crippen molar-refractivity contribution in [2.24, 2.45) is 0 Å². The molecule has 0 rings (SSSR count). The van der Waals surface area contributed by atoms with E-state index in [-0.39, 0.29) is 13.1 Å². The smallest absolute Gasteiger partial charge is 0.407 e. The molecule has 0 bridgehead atoms. The molecule has 0 aromatic carbocycles. The molecule has 0 fully saturated rings. The lowest BCUT2D eigenvalue weighted by Gasteiger charge is -2.15. The molecule has 70 valence electrons. The third kappa shape index (κ3) is 4.37. The van der Waals surface area contributed by atoms with Crippen molar-refractivity contribution >= 4 is 12.2 Å². The van der Waals surface area contributed by atoms with Crippen LogP contribution in [0.15, 0.2) is 0 Å². The van der Waals surface area contributed by atoms with Crippen LogP contribution < -0.4 is 5.32 Å². The van der Waals surface area contributed by atoms with Crippen molar-refractivity contribution in [3.8, 4) is 0 Å². The summed E-state index contributed by atoms with van der Waals surface area (Å²) in [5.74, 6) is 0. The van der Waals surface area contributed by atoms with Gasteiger partial charge in [0.1, 0.15) is 0 Å². The minimum absolute atomic E-state index is 0.121. The van der Waals surface area contributed by atoms with Crippen LogP contribution in [0.5, 0.6) is 0 Å². The highest BCUT2D eigenvalue weighted by atomic mass is 16.4. The fraction of sp³-hybridized carbons (Fsp3) is 0.667. The molecule has 0 atom stereocenters. The van der Waals surface area contributed by atoms with E-state index in [2.05, 4.69) is 5.32 Å². The highest BCUT2D eigenvalue weighted by molar-refractivity contribution is 5.66. The van der Waals surface area contributed by atoms with Crippen LogP contribution in [0.3, 0.4) is 0 Å². The first kappa shape index (κ1) is 10.5. The van der Waals surface area contributed by atoms with Crippen LogP contribution in [0, 0.1) is 0 Å². The van der Waals surface area contributed by atoms with E-state index in [4.69, 9.17) is 10.2 Å². The fourth-order valence-electron chi connectivity index (χ4n) is 0.687. The Morgan fingerprint density at radius 2 is 2.00 bits per heavy atom. The van der Waals surface area contributed by atoms with Crippen LogP contribution in [-0.4, -0.2) is 46.9 Å². The summed E-state index contributed by atoms with van der Waals surface area (Å²) in [5, 5.41) is 18.7. The molecule has 0 saturated heterocycles. The summed E-state index contributed by atoms with van der Waals surface area (Å²) in [6.45, 7) is 2.35. The molecule has 6 nitrogen and oxygen atoms in total. The summed E-state index contributed by atoms with van der Waals surface area (Å²) in [6.07, 6.45) is -2.18. The van der Waals surface area contributed by atoms with Gasteiger partial charge in [0, 0.05) is 19.6 Å². The molecule has 2 amide bonds. The quantitative estimate of drug-likeness (QED) is 0.572. The molecule has 0 aromatic heterocycles. The first-order chi connectivity index (χ1) is 5.57. The van der Waals surface area contributed by atoms with Crippen molar-refractivity contribution in [2.75, 3.05) is 19.6 Å². The lowest BCUT2D eigenvalue weighted by molar-refractivity contribution is 0.146. The maximum Gasteiger partial charge on any atom is 0.407 e. The van der Waals surface area contributed by atoms with Gasteiger partial charge in [-0.05, 0) is 6.92 Å². The Hall–Kier alpha value is -1.46. The largest absolute Gasteiger partial charge is 0.465 e. The second-order valence-electron chi connectivity index (χ2n) is 2.09. The van der Waals surface area contributed by atoms with Crippen molar-refractivity contribution in [3.05, 3.63) is 0 Å². The molecule has 0 saturated carbocycles. The summed E-state index contributed by atoms with van der Waals surface area (Å²) < 4.78 is 0. The summed E-state index contributed by atoms with van der Waals surface area (Å²) in [4.78, 5) is 21.4. The zero-order valence-electron chi connectivity index (χ0n) is 6.78. The molecular formula is C6H12N2O4. The van der Waals surface area contributed by atoms with Crippen LogP contribution in [0.25, 0.3) is 0 Å². The van der Waals surface area contributed by atoms with Gasteiger partial charge in [0.05, 0.1) is 0 Å². The van der Waals surface area contributed by atoms with E-state index in [0.717, 1.165) is 4.90 Å². The Morgan fingerprint density at radius 3 is 2.33 bits per heavy atom. The van der Waals surface area contributed by atoms with Gasteiger partial charge < -0.3 is 20.4 Å². The van der Waals surface area contributed by atoms with Gasteiger partial charge in [-0.2, -0.15) is 0 Å². The molecule has 0 aliphatic heterocycles. The summed E-state index contributed by atoms with van der Waals surface area (Å²) in [6, 6.07) is 0. The Kier molecular flexibility index (Phi) is 4.59. The number of nitrogens with zero attached hydrogens (tertiary/aromatic N) is 1. The number of hydrogen-bond donors (Lipinski definition) is 3. The zero-order chi connectivity index (χ0) is 9.56. The van der Waals surface area contributed by atoms with E-state index in [0.29, 0.717) is 6.54 Å². The van der Waals surface area contributed by atoms with Crippen molar-refractivity contribution in [3.63, 3.8) is 0 Å². The highest BCUT2D eigenvalue weighted by Gasteiger charge is 2.07. The number of carbonyl (C=O) groups is 2. The van der Waals surface area contributed by atoms with Gasteiger partial charge in [0.25, 0.3) is 0 Å². The van der Waals surface area contributed by atoms with E-state index < -0.39 is 12.2 Å². The molecule has 0 heterocycles. The minimum Gasteiger partial charge on any atom is -0.465 e. The first-order valence-electron chi connectivity index (χ1n) is 3.52. The SMILES string of the molecule is CCN(CCNC(=O)O)C(=O)O. The molecule has 0 aliphatic rings. The molecule has 3 N–H and O–H groups in total. The monoisotopic (exact) mass is 176 g/mol. The van der Waals surface area contributed by atoms with E-state index >= 15 is 0 Å². The lowest BCUT2D eigenvalue weighted by atomic mass is 10.5. The maximum atomic E-state index is 10.4. The van der Waals surface area contributed by atoms with E-state index in [9.17, 15) is 9.59 Å². The van der Waals surface area contributed by atoms with Gasteiger partial charge in [-0.25, -0.2) is 9.59 Å². The van der Waals surface area contributed by atoms with Crippen LogP contribution in [0.1, 0.15) is 6.92 Å². The number of nitrogens with one attached hydrogen (secondary N) is 1. The van der Waals surface area contributed by atoms with Crippen molar-refractivity contribution in [1.29, 1.82) is 0 Å². The third-order valence-corrected chi connectivity index (χ3v) is 1.31. The van der Waals surface area contributed by atoms with Crippen molar-refractivity contribution in [1.82, 2.24) is 10.2 Å². The van der Waals surface area contributed by atoms with Gasteiger partial charge in [-0.3, -0.25) is 0 Å². The average molecular weight is 176 g/mol. The molecule has 0 radical (unpaired) electrons. The predicted octanol–water partition coefficient (Wildman–Crippen LogP) is 0.254. The van der Waals surface area contributed by atoms with E-state index in [1.54, 1.807) is 6.92 Å². The Labute approximate surface area is 69.8 Å². The predicted molar refractivity (Wildman–Crippen MR) is 41.3 cm³/mol. The van der Waals surface area contributed by atoms with Crippen LogP contribution in [-0.2, 0) is 0 Å². The number of likely N-dealkylation sites (N-methyl/N-ethyl adjacent to an activating group) is 1. The molecular weight excluding hydrogens is 164 g/mol. The number of hydrogen-bond acceptors (Lipinski definition) is 2. The van der Waals surface area contributed by atoms with Gasteiger partial charge in [0.2, 0.25) is 0 Å². The summed E-state index contributed by atoms with van der Waals surface area (Å²) in [7, 11) is 0. The Morgan fingerprint density at radius 1 is 1.42 bits per heavy atom. The van der Waals surface area contributed by atoms with Crippen molar-refractivity contribution < 1.29 is 19.8 Å². The molecule has 12 heavy (non-hydrogen) atoms. The average Bonchev–Trinajstić information content (AvgIpc) is 1.96. The molecule has 6 heteroatoms. The number of rotatable bonds is 4. The van der Waals surface area contributed by atoms with Crippen molar-refractivity contribution in [2.45, 2.75) is 6.92 Å². The topological polar surface area (TPSA) is 89.9 Å². The molecule has 0 spiro atoms. The van der Waals surface area contributed by atoms with Crippen LogP contribution >= 0.6 is 0 Å². The van der Waals surface area contributed by atoms with Gasteiger partial charge in [-0.15, -0.1) is 0 Å². The Bertz CT molecular complexity index is 171. The van der Waals surface area contributed by atoms with E-state index in [1.807, 2.05) is 0 Å². The third-order valence-electron chi connectivity index (χ3n) is 1.31. The second-order valence-corrected chi connectivity index (χ2v) is 2.09. The lowest BCUT2D eigenvalue weighted by Crippen LogP contribution is -2.37. The van der Waals surface area contributed by atoms with Crippen LogP contribution in [0.2, 0.25) is 0 Å². The summed E-state index contributed by atoms with van der Waals surface area (Å²) >= 11 is 0. The maximum absolute atomic E-state index is 10.4.